The molecule has 0 radical (unpaired) electrons. The number of hydrogen-bond acceptors (Lipinski definition) is 4. The van der Waals surface area contributed by atoms with Gasteiger partial charge in [-0.2, -0.15) is 0 Å². The molecule has 1 N–H and O–H groups in total. The van der Waals surface area contributed by atoms with E-state index in [2.05, 4.69) is 26.2 Å². The molecule has 0 fully saturated rings. The Hall–Kier alpha value is -1.14. The highest BCUT2D eigenvalue weighted by Crippen LogP contribution is 2.19. The summed E-state index contributed by atoms with van der Waals surface area (Å²) < 4.78 is 2.61. The van der Waals surface area contributed by atoms with E-state index >= 15 is 0 Å². The molecule has 0 aromatic carbocycles. The van der Waals surface area contributed by atoms with Crippen LogP contribution in [0.15, 0.2) is 27.7 Å². The first-order valence-corrected chi connectivity index (χ1v) is 7.26. The van der Waals surface area contributed by atoms with Crippen LogP contribution in [0.3, 0.4) is 0 Å². The fourth-order valence-electron chi connectivity index (χ4n) is 1.64. The number of halogens is 1. The lowest BCUT2D eigenvalue weighted by Crippen LogP contribution is -2.21. The number of rotatable bonds is 4. The summed E-state index contributed by atoms with van der Waals surface area (Å²) in [6, 6.07) is 1.83. The minimum absolute atomic E-state index is 0.0385. The minimum atomic E-state index is 0.0385. The summed E-state index contributed by atoms with van der Waals surface area (Å²) in [5, 5.41) is 4.06. The van der Waals surface area contributed by atoms with E-state index in [4.69, 9.17) is 0 Å². The van der Waals surface area contributed by atoms with Gasteiger partial charge in [0.15, 0.2) is 5.13 Å². The average Bonchev–Trinajstić information content (AvgIpc) is 2.73. The normalized spacial score (nSPS) is 10.6. The molecule has 2 rings (SSSR count). The van der Waals surface area contributed by atoms with Crippen LogP contribution in [0.1, 0.15) is 17.4 Å². The molecule has 0 aliphatic carbocycles. The first kappa shape index (κ1) is 13.3. The number of hydrogen-bond donors (Lipinski definition) is 1. The molecule has 2 aromatic rings. The van der Waals surface area contributed by atoms with E-state index in [0.717, 1.165) is 26.6 Å². The predicted octanol–water partition coefficient (Wildman–Crippen LogP) is 2.86. The second kappa shape index (κ2) is 5.67. The molecule has 0 atom stereocenters. The van der Waals surface area contributed by atoms with Crippen molar-refractivity contribution in [3.8, 4) is 0 Å². The number of anilines is 1. The summed E-state index contributed by atoms with van der Waals surface area (Å²) in [5.74, 6) is 0. The van der Waals surface area contributed by atoms with Crippen molar-refractivity contribution in [3.63, 3.8) is 0 Å². The Kier molecular flexibility index (Phi) is 4.19. The molecule has 0 unspecified atom stereocenters. The van der Waals surface area contributed by atoms with Crippen molar-refractivity contribution in [3.05, 3.63) is 43.7 Å². The van der Waals surface area contributed by atoms with Gasteiger partial charge in [0, 0.05) is 33.9 Å². The lowest BCUT2D eigenvalue weighted by molar-refractivity contribution is 0.757. The van der Waals surface area contributed by atoms with Crippen LogP contribution in [0.25, 0.3) is 0 Å². The molecule has 96 valence electrons. The Morgan fingerprint density at radius 3 is 3.06 bits per heavy atom. The van der Waals surface area contributed by atoms with Crippen LogP contribution in [-0.2, 0) is 6.54 Å². The smallest absolute Gasteiger partial charge is 0.253 e. The van der Waals surface area contributed by atoms with Crippen LogP contribution in [-0.4, -0.2) is 16.1 Å². The van der Waals surface area contributed by atoms with Crippen molar-refractivity contribution in [2.75, 3.05) is 11.9 Å². The predicted molar refractivity (Wildman–Crippen MR) is 78.5 cm³/mol. The van der Waals surface area contributed by atoms with E-state index < -0.39 is 0 Å². The summed E-state index contributed by atoms with van der Waals surface area (Å²) in [6.45, 7) is 5.26. The van der Waals surface area contributed by atoms with Gasteiger partial charge in [0.2, 0.25) is 0 Å². The van der Waals surface area contributed by atoms with Gasteiger partial charge in [0.1, 0.15) is 0 Å². The second-order valence-corrected chi connectivity index (χ2v) is 5.97. The number of nitrogens with zero attached hydrogens (tertiary/aromatic N) is 2. The fourth-order valence-corrected chi connectivity index (χ4v) is 3.11. The summed E-state index contributed by atoms with van der Waals surface area (Å²) in [4.78, 5) is 17.3. The SMILES string of the molecule is CCNc1ncc(Cn2cc(Br)cc(C)c2=O)s1. The van der Waals surface area contributed by atoms with Gasteiger partial charge >= 0.3 is 0 Å². The Bertz CT molecular complexity index is 606. The van der Waals surface area contributed by atoms with Crippen LogP contribution < -0.4 is 10.9 Å². The van der Waals surface area contributed by atoms with E-state index in [0.29, 0.717) is 6.54 Å². The zero-order valence-electron chi connectivity index (χ0n) is 10.2. The Balaban J connectivity index is 2.25. The van der Waals surface area contributed by atoms with Crippen LogP contribution in [0.5, 0.6) is 0 Å². The zero-order valence-corrected chi connectivity index (χ0v) is 12.6. The Labute approximate surface area is 118 Å². The maximum Gasteiger partial charge on any atom is 0.253 e. The Morgan fingerprint density at radius 1 is 1.56 bits per heavy atom. The highest BCUT2D eigenvalue weighted by atomic mass is 79.9. The van der Waals surface area contributed by atoms with Crippen molar-refractivity contribution in [1.82, 2.24) is 9.55 Å². The molecule has 0 spiro atoms. The molecule has 0 aliphatic heterocycles. The number of thiazole rings is 1. The van der Waals surface area contributed by atoms with Crippen molar-refractivity contribution in [1.29, 1.82) is 0 Å². The zero-order chi connectivity index (χ0) is 13.1. The van der Waals surface area contributed by atoms with E-state index in [1.165, 1.54) is 0 Å². The van der Waals surface area contributed by atoms with E-state index in [1.807, 2.05) is 32.3 Å². The monoisotopic (exact) mass is 327 g/mol. The van der Waals surface area contributed by atoms with Crippen molar-refractivity contribution in [2.24, 2.45) is 0 Å². The quantitative estimate of drug-likeness (QED) is 0.939. The van der Waals surface area contributed by atoms with E-state index in [-0.39, 0.29) is 5.56 Å². The number of pyridine rings is 1. The first-order valence-electron chi connectivity index (χ1n) is 5.65. The molecular formula is C12H14BrN3OS. The molecule has 0 amide bonds. The summed E-state index contributed by atoms with van der Waals surface area (Å²) in [7, 11) is 0. The van der Waals surface area contributed by atoms with Crippen LogP contribution in [0, 0.1) is 6.92 Å². The summed E-state index contributed by atoms with van der Waals surface area (Å²) in [6.07, 6.45) is 3.62. The summed E-state index contributed by atoms with van der Waals surface area (Å²) >= 11 is 4.98. The lowest BCUT2D eigenvalue weighted by atomic mass is 10.3. The average molecular weight is 328 g/mol. The van der Waals surface area contributed by atoms with Crippen LogP contribution >= 0.6 is 27.3 Å². The third-order valence-electron chi connectivity index (χ3n) is 2.44. The maximum absolute atomic E-state index is 12.0. The Morgan fingerprint density at radius 2 is 2.33 bits per heavy atom. The molecule has 0 saturated carbocycles. The van der Waals surface area contributed by atoms with Crippen molar-refractivity contribution < 1.29 is 0 Å². The minimum Gasteiger partial charge on any atom is -0.362 e. The van der Waals surface area contributed by atoms with Gasteiger partial charge < -0.3 is 9.88 Å². The second-order valence-electron chi connectivity index (χ2n) is 3.94. The number of nitrogens with one attached hydrogen (secondary N) is 1. The number of aromatic nitrogens is 2. The topological polar surface area (TPSA) is 46.9 Å². The first-order chi connectivity index (χ1) is 8.60. The summed E-state index contributed by atoms with van der Waals surface area (Å²) in [5.41, 5.74) is 0.775. The standard InChI is InChI=1S/C12H14BrN3OS/c1-3-14-12-15-5-10(18-12)7-16-6-9(13)4-8(2)11(16)17/h4-6H,3,7H2,1-2H3,(H,14,15). The highest BCUT2D eigenvalue weighted by molar-refractivity contribution is 9.10. The molecule has 6 heteroatoms. The van der Waals surface area contributed by atoms with Gasteiger partial charge in [-0.3, -0.25) is 4.79 Å². The van der Waals surface area contributed by atoms with Crippen molar-refractivity contribution in [2.45, 2.75) is 20.4 Å². The lowest BCUT2D eigenvalue weighted by Gasteiger charge is -2.05. The molecule has 18 heavy (non-hydrogen) atoms. The highest BCUT2D eigenvalue weighted by Gasteiger charge is 2.06. The molecular weight excluding hydrogens is 314 g/mol. The van der Waals surface area contributed by atoms with E-state index in [9.17, 15) is 4.79 Å². The third-order valence-corrected chi connectivity index (χ3v) is 3.81. The van der Waals surface area contributed by atoms with Crippen LogP contribution in [0.4, 0.5) is 5.13 Å². The third kappa shape index (κ3) is 3.00. The fraction of sp³-hybridized carbons (Fsp3) is 0.333. The van der Waals surface area contributed by atoms with Gasteiger partial charge in [-0.1, -0.05) is 0 Å². The van der Waals surface area contributed by atoms with Gasteiger partial charge in [-0.15, -0.1) is 11.3 Å². The molecule has 0 aliphatic rings. The molecule has 4 nitrogen and oxygen atoms in total. The van der Waals surface area contributed by atoms with Gasteiger partial charge in [0.05, 0.1) is 6.54 Å². The van der Waals surface area contributed by atoms with Gasteiger partial charge in [-0.05, 0) is 35.8 Å². The molecule has 0 saturated heterocycles. The van der Waals surface area contributed by atoms with Gasteiger partial charge in [-0.25, -0.2) is 4.98 Å². The molecule has 2 heterocycles. The molecule has 0 bridgehead atoms. The van der Waals surface area contributed by atoms with Crippen LogP contribution in [0.2, 0.25) is 0 Å². The number of aryl methyl sites for hydroxylation is 1. The maximum atomic E-state index is 12.0. The molecule has 2 aromatic heterocycles. The largest absolute Gasteiger partial charge is 0.362 e. The van der Waals surface area contributed by atoms with Crippen molar-refractivity contribution >= 4 is 32.4 Å². The van der Waals surface area contributed by atoms with E-state index in [1.54, 1.807) is 15.9 Å². The van der Waals surface area contributed by atoms with Gasteiger partial charge in [0.25, 0.3) is 5.56 Å².